The van der Waals surface area contributed by atoms with Crippen LogP contribution in [0, 0.1) is 0 Å². The summed E-state index contributed by atoms with van der Waals surface area (Å²) in [5, 5.41) is 2.67. The molecule has 0 spiro atoms. The van der Waals surface area contributed by atoms with Crippen molar-refractivity contribution in [1.29, 1.82) is 0 Å². The number of carbonyl (C=O) groups is 4. The van der Waals surface area contributed by atoms with E-state index in [1.165, 1.54) is 17.1 Å². The van der Waals surface area contributed by atoms with E-state index in [1.807, 2.05) is 19.0 Å². The van der Waals surface area contributed by atoms with Crippen molar-refractivity contribution in [3.63, 3.8) is 0 Å². The molecule has 0 atom stereocenters. The molecule has 0 heterocycles. The van der Waals surface area contributed by atoms with E-state index in [0.717, 1.165) is 70.8 Å². The normalized spacial score (nSPS) is 11.1. The molecule has 0 aliphatic carbocycles. The number of likely N-dealkylation sites (N-methyl/N-ethyl adjacent to an activating group) is 1. The maximum absolute atomic E-state index is 12.8. The molecule has 40 heavy (non-hydrogen) atoms. The Morgan fingerprint density at radius 2 is 1.18 bits per heavy atom. The predicted octanol–water partition coefficient (Wildman–Crippen LogP) is 3.87. The van der Waals surface area contributed by atoms with Crippen molar-refractivity contribution in [1.82, 2.24) is 15.1 Å². The van der Waals surface area contributed by atoms with Crippen LogP contribution in [0.25, 0.3) is 0 Å². The second kappa shape index (κ2) is 26.7. The third kappa shape index (κ3) is 24.6. The Balaban J connectivity index is 4.61. The highest BCUT2D eigenvalue weighted by Gasteiger charge is 2.14. The molecule has 0 unspecified atom stereocenters. The summed E-state index contributed by atoms with van der Waals surface area (Å²) in [6.07, 6.45) is 13.4. The Kier molecular flexibility index (Phi) is 25.1. The second-order valence-corrected chi connectivity index (χ2v) is 10.1. The zero-order valence-electron chi connectivity index (χ0n) is 25.5. The first-order chi connectivity index (χ1) is 19.3. The number of ether oxygens (including phenoxy) is 3. The van der Waals surface area contributed by atoms with Gasteiger partial charge >= 0.3 is 11.9 Å². The molecule has 0 aromatic carbocycles. The van der Waals surface area contributed by atoms with Crippen LogP contribution in [0.2, 0.25) is 0 Å². The summed E-state index contributed by atoms with van der Waals surface area (Å²) in [5.41, 5.74) is 0. The maximum Gasteiger partial charge on any atom is 0.305 e. The molecule has 0 aromatic heterocycles. The minimum Gasteiger partial charge on any atom is -0.464 e. The fraction of sp³-hybridized carbons (Fsp3) is 0.800. The van der Waals surface area contributed by atoms with Crippen molar-refractivity contribution in [2.45, 2.75) is 90.9 Å². The summed E-state index contributed by atoms with van der Waals surface area (Å²) < 4.78 is 16.0. The lowest BCUT2D eigenvalue weighted by Crippen LogP contribution is -2.36. The molecule has 0 aliphatic rings. The SMILES string of the molecule is CCCCCCCC(=O)OCCN(CCOC(=O)CCCCCCC)C(=O)C=CC(=O)NCCOCCN(C)C. The van der Waals surface area contributed by atoms with E-state index in [-0.39, 0.29) is 38.2 Å². The fourth-order valence-electron chi connectivity index (χ4n) is 3.67. The molecule has 0 radical (unpaired) electrons. The Morgan fingerprint density at radius 1 is 0.650 bits per heavy atom. The van der Waals surface area contributed by atoms with Crippen molar-refractivity contribution < 1.29 is 33.4 Å². The van der Waals surface area contributed by atoms with Gasteiger partial charge in [0.25, 0.3) is 0 Å². The molecule has 1 N–H and O–H groups in total. The van der Waals surface area contributed by atoms with Crippen molar-refractivity contribution in [2.75, 3.05) is 66.7 Å². The van der Waals surface area contributed by atoms with Crippen LogP contribution in [0.15, 0.2) is 12.2 Å². The number of esters is 2. The molecule has 0 aromatic rings. The summed E-state index contributed by atoms with van der Waals surface area (Å²) >= 11 is 0. The molecule has 232 valence electrons. The Labute approximate surface area is 242 Å². The van der Waals surface area contributed by atoms with Gasteiger partial charge < -0.3 is 29.3 Å². The lowest BCUT2D eigenvalue weighted by molar-refractivity contribution is -0.146. The number of unbranched alkanes of at least 4 members (excludes halogenated alkanes) is 8. The van der Waals surface area contributed by atoms with Crippen LogP contribution < -0.4 is 5.32 Å². The van der Waals surface area contributed by atoms with Gasteiger partial charge in [-0.25, -0.2) is 0 Å². The summed E-state index contributed by atoms with van der Waals surface area (Å²) in [7, 11) is 3.91. The number of carbonyl (C=O) groups excluding carboxylic acids is 4. The lowest BCUT2D eigenvalue weighted by atomic mass is 10.1. The standard InChI is InChI=1S/C30H55N3O7/c1-5-7-9-11-13-15-29(36)39-25-21-33(22-26-40-30(37)16-14-12-10-8-6-2)28(35)18-17-27(34)31-19-23-38-24-20-32(3)4/h17-18H,5-16,19-26H2,1-4H3,(H,31,34). The average molecular weight is 570 g/mol. The molecule has 0 fully saturated rings. The molecule has 10 nitrogen and oxygen atoms in total. The number of hydrogen-bond acceptors (Lipinski definition) is 8. The molecule has 10 heteroatoms. The third-order valence-corrected chi connectivity index (χ3v) is 6.13. The quantitative estimate of drug-likeness (QED) is 0.0949. The molecule has 2 amide bonds. The monoisotopic (exact) mass is 569 g/mol. The van der Waals surface area contributed by atoms with Gasteiger partial charge in [0.05, 0.1) is 26.3 Å². The van der Waals surface area contributed by atoms with Crippen LogP contribution in [-0.2, 0) is 33.4 Å². The first-order valence-electron chi connectivity index (χ1n) is 15.1. The molecule has 0 aliphatic heterocycles. The summed E-state index contributed by atoms with van der Waals surface area (Å²) in [6, 6.07) is 0. The minimum atomic E-state index is -0.427. The van der Waals surface area contributed by atoms with Gasteiger partial charge in [0, 0.05) is 38.1 Å². The van der Waals surface area contributed by atoms with Gasteiger partial charge in [-0.1, -0.05) is 65.2 Å². The number of nitrogens with zero attached hydrogens (tertiary/aromatic N) is 2. The first kappa shape index (κ1) is 37.5. The van der Waals surface area contributed by atoms with E-state index in [2.05, 4.69) is 19.2 Å². The van der Waals surface area contributed by atoms with Gasteiger partial charge in [-0.2, -0.15) is 0 Å². The zero-order chi connectivity index (χ0) is 29.8. The molecule has 0 bridgehead atoms. The van der Waals surface area contributed by atoms with E-state index < -0.39 is 11.8 Å². The molecule has 0 saturated carbocycles. The van der Waals surface area contributed by atoms with Gasteiger partial charge in [-0.3, -0.25) is 19.2 Å². The average Bonchev–Trinajstić information content (AvgIpc) is 2.92. The van der Waals surface area contributed by atoms with Crippen LogP contribution in [0.5, 0.6) is 0 Å². The molecule has 0 rings (SSSR count). The summed E-state index contributed by atoms with van der Waals surface area (Å²) in [5.74, 6) is -1.42. The summed E-state index contributed by atoms with van der Waals surface area (Å²) in [6.45, 7) is 6.70. The number of rotatable bonds is 26. The zero-order valence-corrected chi connectivity index (χ0v) is 25.5. The van der Waals surface area contributed by atoms with E-state index >= 15 is 0 Å². The van der Waals surface area contributed by atoms with Crippen LogP contribution in [0.4, 0.5) is 0 Å². The molecule has 0 saturated heterocycles. The van der Waals surface area contributed by atoms with Crippen LogP contribution >= 0.6 is 0 Å². The number of nitrogens with one attached hydrogen (secondary N) is 1. The van der Waals surface area contributed by atoms with Gasteiger partial charge in [0.15, 0.2) is 0 Å². The van der Waals surface area contributed by atoms with Crippen molar-refractivity contribution in [3.05, 3.63) is 12.2 Å². The topological polar surface area (TPSA) is 114 Å². The van der Waals surface area contributed by atoms with Crippen molar-refractivity contribution in [2.24, 2.45) is 0 Å². The van der Waals surface area contributed by atoms with Gasteiger partial charge in [0.1, 0.15) is 13.2 Å². The smallest absolute Gasteiger partial charge is 0.305 e. The van der Waals surface area contributed by atoms with Crippen LogP contribution in [0.1, 0.15) is 90.9 Å². The highest BCUT2D eigenvalue weighted by molar-refractivity contribution is 5.96. The van der Waals surface area contributed by atoms with Gasteiger partial charge in [0.2, 0.25) is 11.8 Å². The largest absolute Gasteiger partial charge is 0.464 e. The van der Waals surface area contributed by atoms with Crippen molar-refractivity contribution >= 4 is 23.8 Å². The maximum atomic E-state index is 12.8. The van der Waals surface area contributed by atoms with E-state index in [4.69, 9.17) is 14.2 Å². The third-order valence-electron chi connectivity index (χ3n) is 6.13. The van der Waals surface area contributed by atoms with Crippen molar-refractivity contribution in [3.8, 4) is 0 Å². The highest BCUT2D eigenvalue weighted by Crippen LogP contribution is 2.07. The van der Waals surface area contributed by atoms with E-state index in [1.54, 1.807) is 0 Å². The Bertz CT molecular complexity index is 681. The number of hydrogen-bond donors (Lipinski definition) is 1. The van der Waals surface area contributed by atoms with Gasteiger partial charge in [-0.05, 0) is 26.9 Å². The van der Waals surface area contributed by atoms with Crippen LogP contribution in [0.3, 0.4) is 0 Å². The summed E-state index contributed by atoms with van der Waals surface area (Å²) in [4.78, 5) is 52.3. The highest BCUT2D eigenvalue weighted by atomic mass is 16.5. The fourth-order valence-corrected chi connectivity index (χ4v) is 3.67. The Morgan fingerprint density at radius 3 is 1.68 bits per heavy atom. The lowest BCUT2D eigenvalue weighted by Gasteiger charge is -2.21. The van der Waals surface area contributed by atoms with Gasteiger partial charge in [-0.15, -0.1) is 0 Å². The number of amides is 2. The Hall–Kier alpha value is -2.46. The molecular weight excluding hydrogens is 514 g/mol. The van der Waals surface area contributed by atoms with E-state index in [9.17, 15) is 19.2 Å². The van der Waals surface area contributed by atoms with Crippen LogP contribution in [-0.4, -0.2) is 100 Å². The predicted molar refractivity (Wildman–Crippen MR) is 157 cm³/mol. The second-order valence-electron chi connectivity index (χ2n) is 10.1. The first-order valence-corrected chi connectivity index (χ1v) is 15.1. The molecular formula is C30H55N3O7. The van der Waals surface area contributed by atoms with E-state index in [0.29, 0.717) is 32.6 Å². The minimum absolute atomic E-state index is 0.0369.